The first-order chi connectivity index (χ1) is 11.7. The second kappa shape index (κ2) is 7.44. The summed E-state index contributed by atoms with van der Waals surface area (Å²) in [6, 6.07) is 9.38. The molecule has 1 N–H and O–H groups in total. The fraction of sp³-hybridized carbons (Fsp3) is 0.294. The highest BCUT2D eigenvalue weighted by Crippen LogP contribution is 2.23. The molecule has 0 aliphatic heterocycles. The molecule has 2 aromatic heterocycles. The number of hydrogen-bond donors (Lipinski definition) is 1. The maximum atomic E-state index is 12.2. The van der Waals surface area contributed by atoms with Gasteiger partial charge in [0.05, 0.1) is 36.2 Å². The number of carbonyl (C=O) groups is 1. The molecule has 0 aliphatic rings. The van der Waals surface area contributed by atoms with E-state index >= 15 is 0 Å². The molecule has 3 aromatic rings. The number of benzene rings is 1. The lowest BCUT2D eigenvalue weighted by Gasteiger charge is -2.14. The minimum atomic E-state index is 0.0202. The largest absolute Gasteiger partial charge is 0.494 e. The second-order valence-corrected chi connectivity index (χ2v) is 6.24. The molecule has 0 aliphatic carbocycles. The molecule has 0 atom stereocenters. The Morgan fingerprint density at radius 1 is 1.42 bits per heavy atom. The molecule has 0 saturated carbocycles. The number of aromatic nitrogens is 2. The van der Waals surface area contributed by atoms with Gasteiger partial charge in [-0.1, -0.05) is 11.8 Å². The Morgan fingerprint density at radius 3 is 3.04 bits per heavy atom. The Hall–Kier alpha value is -2.41. The van der Waals surface area contributed by atoms with Gasteiger partial charge < -0.3 is 19.0 Å². The number of fused-ring (bicyclic) bond motifs is 1. The maximum Gasteiger partial charge on any atom is 0.233 e. The lowest BCUT2D eigenvalue weighted by atomic mass is 10.3. The zero-order valence-electron chi connectivity index (χ0n) is 13.6. The Balaban J connectivity index is 1.59. The number of ether oxygens (including phenoxy) is 1. The zero-order chi connectivity index (χ0) is 16.9. The van der Waals surface area contributed by atoms with Gasteiger partial charge in [0, 0.05) is 13.1 Å². The zero-order valence-corrected chi connectivity index (χ0v) is 14.4. The van der Waals surface area contributed by atoms with E-state index in [9.17, 15) is 4.79 Å². The highest BCUT2D eigenvalue weighted by atomic mass is 32.2. The van der Waals surface area contributed by atoms with Crippen LogP contribution in [0.3, 0.4) is 0 Å². The first-order valence-corrected chi connectivity index (χ1v) is 8.66. The highest BCUT2D eigenvalue weighted by molar-refractivity contribution is 7.99. The van der Waals surface area contributed by atoms with Gasteiger partial charge in [0.1, 0.15) is 11.5 Å². The van der Waals surface area contributed by atoms with Crippen LogP contribution in [-0.4, -0.2) is 40.2 Å². The number of carbonyl (C=O) groups excluding carboxylic acids is 1. The summed E-state index contributed by atoms with van der Waals surface area (Å²) in [5.41, 5.74) is 1.76. The van der Waals surface area contributed by atoms with Crippen LogP contribution in [0.25, 0.3) is 11.0 Å². The molecular formula is C17H19N3O3S. The van der Waals surface area contributed by atoms with E-state index in [0.29, 0.717) is 18.9 Å². The van der Waals surface area contributed by atoms with Crippen LogP contribution in [0.2, 0.25) is 0 Å². The fourth-order valence-electron chi connectivity index (χ4n) is 2.25. The van der Waals surface area contributed by atoms with Crippen LogP contribution >= 0.6 is 11.8 Å². The number of aromatic amines is 1. The molecular weight excluding hydrogens is 326 g/mol. The van der Waals surface area contributed by atoms with Gasteiger partial charge in [0.25, 0.3) is 0 Å². The fourth-order valence-corrected chi connectivity index (χ4v) is 3.08. The third kappa shape index (κ3) is 3.91. The summed E-state index contributed by atoms with van der Waals surface area (Å²) in [5.74, 6) is 1.91. The first kappa shape index (κ1) is 16.4. The molecule has 24 heavy (non-hydrogen) atoms. The molecule has 0 radical (unpaired) electrons. The van der Waals surface area contributed by atoms with E-state index in [4.69, 9.17) is 9.15 Å². The minimum absolute atomic E-state index is 0.0202. The molecule has 0 bridgehead atoms. The topological polar surface area (TPSA) is 71.4 Å². The maximum absolute atomic E-state index is 12.2. The third-order valence-electron chi connectivity index (χ3n) is 3.47. The van der Waals surface area contributed by atoms with Crippen molar-refractivity contribution in [3.8, 4) is 5.75 Å². The number of thioether (sulfide) groups is 1. The van der Waals surface area contributed by atoms with Crippen molar-refractivity contribution in [2.24, 2.45) is 0 Å². The summed E-state index contributed by atoms with van der Waals surface area (Å²) in [4.78, 5) is 21.5. The summed E-state index contributed by atoms with van der Waals surface area (Å²) in [6.07, 6.45) is 1.60. The molecule has 0 spiro atoms. The number of furan rings is 1. The quantitative estimate of drug-likeness (QED) is 0.665. The summed E-state index contributed by atoms with van der Waals surface area (Å²) >= 11 is 1.39. The van der Waals surface area contributed by atoms with E-state index < -0.39 is 0 Å². The highest BCUT2D eigenvalue weighted by Gasteiger charge is 2.13. The van der Waals surface area contributed by atoms with Crippen LogP contribution in [0, 0.1) is 0 Å². The number of amides is 1. The molecule has 2 heterocycles. The van der Waals surface area contributed by atoms with E-state index in [1.54, 1.807) is 18.2 Å². The van der Waals surface area contributed by atoms with Crippen molar-refractivity contribution in [2.45, 2.75) is 18.6 Å². The molecule has 6 nitrogen and oxygen atoms in total. The lowest BCUT2D eigenvalue weighted by Crippen LogP contribution is -2.27. The van der Waals surface area contributed by atoms with E-state index in [1.165, 1.54) is 11.8 Å². The van der Waals surface area contributed by atoms with Gasteiger partial charge in [-0.25, -0.2) is 4.98 Å². The van der Waals surface area contributed by atoms with Gasteiger partial charge in [-0.2, -0.15) is 0 Å². The van der Waals surface area contributed by atoms with Gasteiger partial charge in [-0.3, -0.25) is 4.79 Å². The number of nitrogens with zero attached hydrogens (tertiary/aromatic N) is 2. The minimum Gasteiger partial charge on any atom is -0.494 e. The summed E-state index contributed by atoms with van der Waals surface area (Å²) in [7, 11) is 1.76. The predicted octanol–water partition coefficient (Wildman–Crippen LogP) is 3.31. The molecule has 0 saturated heterocycles. The molecule has 1 aromatic carbocycles. The number of imidazole rings is 1. The number of rotatable bonds is 7. The van der Waals surface area contributed by atoms with E-state index in [-0.39, 0.29) is 5.91 Å². The van der Waals surface area contributed by atoms with Gasteiger partial charge >= 0.3 is 0 Å². The second-order valence-electron chi connectivity index (χ2n) is 5.27. The van der Waals surface area contributed by atoms with Crippen LogP contribution < -0.4 is 4.74 Å². The molecule has 0 unspecified atom stereocenters. The summed E-state index contributed by atoms with van der Waals surface area (Å²) < 4.78 is 10.7. The number of H-pyrrole nitrogens is 1. The van der Waals surface area contributed by atoms with Crippen molar-refractivity contribution in [3.05, 3.63) is 42.4 Å². The number of nitrogens with one attached hydrogen (secondary N) is 1. The average molecular weight is 345 g/mol. The molecule has 1 amide bonds. The van der Waals surface area contributed by atoms with Gasteiger partial charge in [-0.15, -0.1) is 0 Å². The predicted molar refractivity (Wildman–Crippen MR) is 93.2 cm³/mol. The Bertz CT molecular complexity index is 814. The average Bonchev–Trinajstić information content (AvgIpc) is 3.21. The summed E-state index contributed by atoms with van der Waals surface area (Å²) in [6.45, 7) is 3.03. The monoisotopic (exact) mass is 345 g/mol. The van der Waals surface area contributed by atoms with E-state index in [0.717, 1.165) is 27.7 Å². The Kier molecular flexibility index (Phi) is 5.10. The SMILES string of the molecule is CCOc1ccc2nc(SCC(=O)N(C)Cc3ccco3)[nH]c2c1. The smallest absolute Gasteiger partial charge is 0.233 e. The summed E-state index contributed by atoms with van der Waals surface area (Å²) in [5, 5.41) is 0.721. The van der Waals surface area contributed by atoms with Crippen molar-refractivity contribution in [3.63, 3.8) is 0 Å². The standard InChI is InChI=1S/C17H19N3O3S/c1-3-22-12-6-7-14-15(9-12)19-17(18-14)24-11-16(21)20(2)10-13-5-4-8-23-13/h4-9H,3,10-11H2,1-2H3,(H,18,19). The van der Waals surface area contributed by atoms with Gasteiger partial charge in [-0.05, 0) is 31.2 Å². The Morgan fingerprint density at radius 2 is 2.29 bits per heavy atom. The van der Waals surface area contributed by atoms with Crippen molar-refractivity contribution >= 4 is 28.7 Å². The van der Waals surface area contributed by atoms with Crippen molar-refractivity contribution in [1.82, 2.24) is 14.9 Å². The molecule has 3 rings (SSSR count). The van der Waals surface area contributed by atoms with Crippen molar-refractivity contribution in [2.75, 3.05) is 19.4 Å². The van der Waals surface area contributed by atoms with Gasteiger partial charge in [0.2, 0.25) is 5.91 Å². The Labute approximate surface area is 144 Å². The lowest BCUT2D eigenvalue weighted by molar-refractivity contribution is -0.127. The molecule has 7 heteroatoms. The van der Waals surface area contributed by atoms with Crippen LogP contribution in [0.5, 0.6) is 5.75 Å². The molecule has 0 fully saturated rings. The third-order valence-corrected chi connectivity index (χ3v) is 4.33. The molecule has 126 valence electrons. The normalized spacial score (nSPS) is 10.9. The van der Waals surface area contributed by atoms with E-state index in [2.05, 4.69) is 9.97 Å². The number of hydrogen-bond acceptors (Lipinski definition) is 5. The van der Waals surface area contributed by atoms with Crippen LogP contribution in [0.4, 0.5) is 0 Å². The van der Waals surface area contributed by atoms with Crippen LogP contribution in [-0.2, 0) is 11.3 Å². The van der Waals surface area contributed by atoms with Gasteiger partial charge in [0.15, 0.2) is 5.16 Å². The first-order valence-electron chi connectivity index (χ1n) is 7.67. The van der Waals surface area contributed by atoms with Crippen molar-refractivity contribution in [1.29, 1.82) is 0 Å². The van der Waals surface area contributed by atoms with Crippen molar-refractivity contribution < 1.29 is 13.9 Å². The van der Waals surface area contributed by atoms with Crippen LogP contribution in [0.15, 0.2) is 46.2 Å². The van der Waals surface area contributed by atoms with E-state index in [1.807, 2.05) is 37.3 Å². The van der Waals surface area contributed by atoms with Crippen LogP contribution in [0.1, 0.15) is 12.7 Å².